The molecule has 3 aromatic rings. The number of thiazole rings is 1. The highest BCUT2D eigenvalue weighted by Gasteiger charge is 2.19. The first kappa shape index (κ1) is 18.6. The molecule has 0 aliphatic heterocycles. The van der Waals surface area contributed by atoms with E-state index in [1.165, 1.54) is 35.6 Å². The van der Waals surface area contributed by atoms with Gasteiger partial charge in [-0.3, -0.25) is 15.6 Å². The third kappa shape index (κ3) is 3.98. The van der Waals surface area contributed by atoms with Gasteiger partial charge in [0, 0.05) is 5.02 Å². The van der Waals surface area contributed by atoms with Crippen LogP contribution in [0, 0.1) is 13.8 Å². The van der Waals surface area contributed by atoms with Crippen LogP contribution in [0.15, 0.2) is 41.3 Å². The van der Waals surface area contributed by atoms with E-state index in [9.17, 15) is 13.2 Å². The summed E-state index contributed by atoms with van der Waals surface area (Å²) in [5.41, 5.74) is 8.14. The molecule has 0 aliphatic carbocycles. The Morgan fingerprint density at radius 2 is 1.85 bits per heavy atom. The molecule has 0 radical (unpaired) electrons. The van der Waals surface area contributed by atoms with Crippen LogP contribution >= 0.6 is 22.9 Å². The average molecular weight is 410 g/mol. The number of hydrogen-bond donors (Lipinski definition) is 2. The minimum Gasteiger partial charge on any atom is -0.273 e. The van der Waals surface area contributed by atoms with Gasteiger partial charge in [0.25, 0.3) is 5.91 Å². The number of hydrazine groups is 1. The van der Waals surface area contributed by atoms with Crippen LogP contribution in [0.25, 0.3) is 10.2 Å². The Labute approximate surface area is 160 Å². The molecule has 0 fully saturated rings. The average Bonchev–Trinajstić information content (AvgIpc) is 3.00. The lowest BCUT2D eigenvalue weighted by Gasteiger charge is -2.07. The number of nitrogens with one attached hydrogen (secondary N) is 2. The quantitative estimate of drug-likeness (QED) is 0.630. The summed E-state index contributed by atoms with van der Waals surface area (Å²) in [6.45, 7) is 3.99. The lowest BCUT2D eigenvalue weighted by molar-refractivity contribution is -0.118. The van der Waals surface area contributed by atoms with Gasteiger partial charge in [0.15, 0.2) is 9.84 Å². The van der Waals surface area contributed by atoms with Gasteiger partial charge in [0.2, 0.25) is 5.13 Å². The van der Waals surface area contributed by atoms with Crippen LogP contribution in [-0.4, -0.2) is 25.1 Å². The summed E-state index contributed by atoms with van der Waals surface area (Å²) < 4.78 is 25.5. The highest BCUT2D eigenvalue weighted by atomic mass is 35.5. The van der Waals surface area contributed by atoms with Gasteiger partial charge < -0.3 is 0 Å². The molecule has 3 rings (SSSR count). The van der Waals surface area contributed by atoms with Gasteiger partial charge >= 0.3 is 0 Å². The number of aryl methyl sites for hydroxylation is 2. The van der Waals surface area contributed by atoms with Crippen LogP contribution in [0.4, 0.5) is 5.13 Å². The van der Waals surface area contributed by atoms with Crippen molar-refractivity contribution in [1.82, 2.24) is 10.4 Å². The minimum absolute atomic E-state index is 0.0446. The zero-order chi connectivity index (χ0) is 18.9. The molecular weight excluding hydrogens is 394 g/mol. The molecule has 9 heteroatoms. The second kappa shape index (κ2) is 7.22. The van der Waals surface area contributed by atoms with Crippen LogP contribution in [0.3, 0.4) is 0 Å². The van der Waals surface area contributed by atoms with Crippen LogP contribution in [0.1, 0.15) is 11.1 Å². The summed E-state index contributed by atoms with van der Waals surface area (Å²) in [4.78, 5) is 16.5. The van der Waals surface area contributed by atoms with Crippen molar-refractivity contribution >= 4 is 54.0 Å². The van der Waals surface area contributed by atoms with Gasteiger partial charge in [-0.25, -0.2) is 13.4 Å². The van der Waals surface area contributed by atoms with Crippen LogP contribution < -0.4 is 10.9 Å². The number of carbonyl (C=O) groups is 1. The fourth-order valence-electron chi connectivity index (χ4n) is 2.34. The number of hydrogen-bond acceptors (Lipinski definition) is 6. The van der Waals surface area contributed by atoms with E-state index in [-0.39, 0.29) is 4.90 Å². The van der Waals surface area contributed by atoms with E-state index in [2.05, 4.69) is 15.8 Å². The lowest BCUT2D eigenvalue weighted by Crippen LogP contribution is -2.34. The van der Waals surface area contributed by atoms with Crippen molar-refractivity contribution in [2.24, 2.45) is 0 Å². The van der Waals surface area contributed by atoms with E-state index in [4.69, 9.17) is 11.6 Å². The lowest BCUT2D eigenvalue weighted by atomic mass is 10.1. The molecule has 0 saturated carbocycles. The maximum Gasteiger partial charge on any atom is 0.253 e. The molecule has 136 valence electrons. The first-order chi connectivity index (χ1) is 12.3. The molecule has 0 saturated heterocycles. The van der Waals surface area contributed by atoms with Crippen LogP contribution in [-0.2, 0) is 14.6 Å². The van der Waals surface area contributed by atoms with E-state index in [1.54, 1.807) is 0 Å². The molecule has 0 unspecified atom stereocenters. The Hall–Kier alpha value is -2.16. The molecule has 1 amide bonds. The normalized spacial score (nSPS) is 11.5. The highest BCUT2D eigenvalue weighted by Crippen LogP contribution is 2.29. The molecule has 26 heavy (non-hydrogen) atoms. The molecule has 0 bridgehead atoms. The van der Waals surface area contributed by atoms with E-state index < -0.39 is 21.5 Å². The van der Waals surface area contributed by atoms with E-state index in [1.807, 2.05) is 26.0 Å². The molecule has 1 aromatic heterocycles. The van der Waals surface area contributed by atoms with Crippen LogP contribution in [0.5, 0.6) is 0 Å². The van der Waals surface area contributed by atoms with Crippen molar-refractivity contribution in [3.8, 4) is 0 Å². The summed E-state index contributed by atoms with van der Waals surface area (Å²) in [5, 5.41) is 0.919. The summed E-state index contributed by atoms with van der Waals surface area (Å²) in [5.74, 6) is -1.35. The smallest absolute Gasteiger partial charge is 0.253 e. The van der Waals surface area contributed by atoms with Crippen molar-refractivity contribution in [2.75, 3.05) is 11.2 Å². The number of aromatic nitrogens is 1. The number of anilines is 1. The van der Waals surface area contributed by atoms with Crippen molar-refractivity contribution in [1.29, 1.82) is 0 Å². The topological polar surface area (TPSA) is 88.2 Å². The first-order valence-electron chi connectivity index (χ1n) is 7.66. The maximum atomic E-state index is 12.2. The Balaban J connectivity index is 1.67. The molecule has 2 N–H and O–H groups in total. The third-order valence-corrected chi connectivity index (χ3v) is 6.71. The number of amides is 1. The van der Waals surface area contributed by atoms with Gasteiger partial charge in [-0.15, -0.1) is 0 Å². The van der Waals surface area contributed by atoms with Crippen LogP contribution in [0.2, 0.25) is 5.02 Å². The second-order valence-corrected chi connectivity index (χ2v) is 9.22. The molecular formula is C17H16ClN3O3S2. The monoisotopic (exact) mass is 409 g/mol. The molecule has 1 heterocycles. The highest BCUT2D eigenvalue weighted by molar-refractivity contribution is 7.92. The van der Waals surface area contributed by atoms with Gasteiger partial charge in [0.05, 0.1) is 15.1 Å². The van der Waals surface area contributed by atoms with Crippen molar-refractivity contribution < 1.29 is 13.2 Å². The number of halogens is 1. The van der Waals surface area contributed by atoms with E-state index in [0.717, 1.165) is 21.3 Å². The Morgan fingerprint density at radius 3 is 2.54 bits per heavy atom. The predicted octanol–water partition coefficient (Wildman–Crippen LogP) is 3.48. The van der Waals surface area contributed by atoms with Crippen molar-refractivity contribution in [3.05, 3.63) is 52.5 Å². The third-order valence-electron chi connectivity index (χ3n) is 3.89. The number of rotatable bonds is 5. The Kier molecular flexibility index (Phi) is 5.17. The summed E-state index contributed by atoms with van der Waals surface area (Å²) in [6, 6.07) is 9.66. The molecule has 6 nitrogen and oxygen atoms in total. The van der Waals surface area contributed by atoms with Gasteiger partial charge in [-0.05, 0) is 55.3 Å². The second-order valence-electron chi connectivity index (χ2n) is 5.76. The Bertz CT molecular complexity index is 1080. The number of sulfone groups is 1. The van der Waals surface area contributed by atoms with Gasteiger partial charge in [-0.1, -0.05) is 29.0 Å². The number of fused-ring (bicyclic) bond motifs is 1. The standard InChI is InChI=1S/C17H16ClN3O3S2/c1-10-3-8-14-16(11(10)2)19-17(25-14)21-20-15(22)9-26(23,24)13-6-4-12(18)5-7-13/h3-8H,9H2,1-2H3,(H,19,21)(H,20,22). The summed E-state index contributed by atoms with van der Waals surface area (Å²) in [7, 11) is -3.75. The van der Waals surface area contributed by atoms with Crippen molar-refractivity contribution in [2.45, 2.75) is 18.7 Å². The minimum atomic E-state index is -3.75. The molecule has 0 aliphatic rings. The fourth-order valence-corrected chi connectivity index (χ4v) is 4.48. The van der Waals surface area contributed by atoms with E-state index >= 15 is 0 Å². The molecule has 2 aromatic carbocycles. The zero-order valence-corrected chi connectivity index (χ0v) is 16.4. The molecule has 0 atom stereocenters. The number of benzene rings is 2. The maximum absolute atomic E-state index is 12.2. The SMILES string of the molecule is Cc1ccc2sc(NNC(=O)CS(=O)(=O)c3ccc(Cl)cc3)nc2c1C. The summed E-state index contributed by atoms with van der Waals surface area (Å²) in [6.07, 6.45) is 0. The zero-order valence-electron chi connectivity index (χ0n) is 14.0. The number of carbonyl (C=O) groups excluding carboxylic acids is 1. The van der Waals surface area contributed by atoms with Crippen molar-refractivity contribution in [3.63, 3.8) is 0 Å². The van der Waals surface area contributed by atoms with E-state index in [0.29, 0.717) is 10.2 Å². The largest absolute Gasteiger partial charge is 0.273 e. The van der Waals surface area contributed by atoms with Gasteiger partial charge in [0.1, 0.15) is 5.75 Å². The van der Waals surface area contributed by atoms with Gasteiger partial charge in [-0.2, -0.15) is 0 Å². The molecule has 0 spiro atoms. The Morgan fingerprint density at radius 1 is 1.15 bits per heavy atom. The summed E-state index contributed by atoms with van der Waals surface area (Å²) >= 11 is 7.13. The predicted molar refractivity (Wildman–Crippen MR) is 104 cm³/mol. The fraction of sp³-hybridized carbons (Fsp3) is 0.176. The number of nitrogens with zero attached hydrogens (tertiary/aromatic N) is 1. The first-order valence-corrected chi connectivity index (χ1v) is 10.5.